The number of carbonyl (C=O) groups is 1. The zero-order valence-corrected chi connectivity index (χ0v) is 13.8. The highest BCUT2D eigenvalue weighted by Gasteiger charge is 2.42. The van der Waals surface area contributed by atoms with E-state index in [9.17, 15) is 4.79 Å². The van der Waals surface area contributed by atoms with Crippen LogP contribution in [0.1, 0.15) is 52.1 Å². The van der Waals surface area contributed by atoms with Crippen LogP contribution in [0, 0.1) is 11.8 Å². The van der Waals surface area contributed by atoms with Gasteiger partial charge in [-0.1, -0.05) is 0 Å². The van der Waals surface area contributed by atoms with Gasteiger partial charge in [0, 0.05) is 11.4 Å². The molecule has 21 heavy (non-hydrogen) atoms. The van der Waals surface area contributed by atoms with Crippen molar-refractivity contribution >= 4 is 22.4 Å². The molecule has 5 heteroatoms. The van der Waals surface area contributed by atoms with E-state index in [0.29, 0.717) is 12.6 Å². The van der Waals surface area contributed by atoms with Crippen molar-refractivity contribution in [2.24, 2.45) is 11.8 Å². The third kappa shape index (κ3) is 3.23. The van der Waals surface area contributed by atoms with Crippen LogP contribution in [0.15, 0.2) is 5.38 Å². The molecule has 2 saturated carbocycles. The highest BCUT2D eigenvalue weighted by atomic mass is 32.1. The molecule has 0 bridgehead atoms. The molecule has 2 fully saturated rings. The summed E-state index contributed by atoms with van der Waals surface area (Å²) in [5.74, 6) is 1.47. The molecular formula is C16H24N2O2S. The number of hydrogen-bond acceptors (Lipinski definition) is 5. The molecule has 1 aromatic rings. The summed E-state index contributed by atoms with van der Waals surface area (Å²) in [5, 5.41) is 6.55. The lowest BCUT2D eigenvalue weighted by Gasteiger charge is -2.20. The van der Waals surface area contributed by atoms with Gasteiger partial charge in [-0.3, -0.25) is 4.79 Å². The van der Waals surface area contributed by atoms with Crippen LogP contribution in [-0.2, 0) is 14.9 Å². The predicted molar refractivity (Wildman–Crippen MR) is 84.6 cm³/mol. The molecule has 1 heterocycles. The largest absolute Gasteiger partial charge is 0.465 e. The van der Waals surface area contributed by atoms with Crippen molar-refractivity contribution in [2.45, 2.75) is 57.9 Å². The van der Waals surface area contributed by atoms with Crippen LogP contribution in [0.4, 0.5) is 5.13 Å². The van der Waals surface area contributed by atoms with Gasteiger partial charge in [0.15, 0.2) is 5.13 Å². The summed E-state index contributed by atoms with van der Waals surface area (Å²) in [6.45, 7) is 5.99. The summed E-state index contributed by atoms with van der Waals surface area (Å²) < 4.78 is 5.15. The van der Waals surface area contributed by atoms with E-state index in [4.69, 9.17) is 4.74 Å². The van der Waals surface area contributed by atoms with Crippen LogP contribution in [-0.4, -0.2) is 23.6 Å². The number of carbonyl (C=O) groups excluding carboxylic acids is 1. The molecule has 2 aliphatic rings. The van der Waals surface area contributed by atoms with Crippen molar-refractivity contribution in [3.63, 3.8) is 0 Å². The molecule has 3 rings (SSSR count). The van der Waals surface area contributed by atoms with Crippen molar-refractivity contribution in [3.8, 4) is 0 Å². The maximum Gasteiger partial charge on any atom is 0.317 e. The standard InChI is InChI=1S/C16H24N2O2S/c1-4-20-14(19)16(2,3)12-9-21-15(17-12)18-13(10-5-6-10)11-7-8-11/h9-11,13H,4-8H2,1-3H3,(H,17,18). The number of hydrogen-bond donors (Lipinski definition) is 1. The normalized spacial score (nSPS) is 18.9. The molecule has 1 aromatic heterocycles. The second kappa shape index (κ2) is 5.59. The third-order valence-electron chi connectivity index (χ3n) is 4.48. The van der Waals surface area contributed by atoms with Gasteiger partial charge >= 0.3 is 5.97 Å². The highest BCUT2D eigenvalue weighted by molar-refractivity contribution is 7.13. The van der Waals surface area contributed by atoms with E-state index in [1.807, 2.05) is 26.2 Å². The summed E-state index contributed by atoms with van der Waals surface area (Å²) in [6, 6.07) is 0.592. The van der Waals surface area contributed by atoms with E-state index in [1.165, 1.54) is 25.7 Å². The lowest BCUT2D eigenvalue weighted by Crippen LogP contribution is -2.31. The Bertz CT molecular complexity index is 506. The maximum atomic E-state index is 12.1. The van der Waals surface area contributed by atoms with E-state index in [0.717, 1.165) is 22.7 Å². The van der Waals surface area contributed by atoms with Crippen molar-refractivity contribution in [3.05, 3.63) is 11.1 Å². The fourth-order valence-electron chi connectivity index (χ4n) is 2.72. The first-order valence-corrected chi connectivity index (χ1v) is 8.80. The number of thiazole rings is 1. The van der Waals surface area contributed by atoms with E-state index < -0.39 is 5.41 Å². The minimum Gasteiger partial charge on any atom is -0.465 e. The Hall–Kier alpha value is -1.10. The Balaban J connectivity index is 1.69. The molecule has 0 unspecified atom stereocenters. The molecule has 116 valence electrons. The summed E-state index contributed by atoms with van der Waals surface area (Å²) >= 11 is 1.60. The highest BCUT2D eigenvalue weighted by Crippen LogP contribution is 2.46. The Kier molecular flexibility index (Phi) is 3.95. The minimum atomic E-state index is -0.679. The first-order valence-electron chi connectivity index (χ1n) is 7.92. The fraction of sp³-hybridized carbons (Fsp3) is 0.750. The predicted octanol–water partition coefficient (Wildman–Crippen LogP) is 3.58. The fourth-order valence-corrected chi connectivity index (χ4v) is 3.64. The molecule has 1 N–H and O–H groups in total. The summed E-state index contributed by atoms with van der Waals surface area (Å²) in [7, 11) is 0. The summed E-state index contributed by atoms with van der Waals surface area (Å²) in [4.78, 5) is 16.7. The van der Waals surface area contributed by atoms with Crippen LogP contribution in [0.25, 0.3) is 0 Å². The molecule has 0 saturated heterocycles. The Morgan fingerprint density at radius 1 is 1.43 bits per heavy atom. The van der Waals surface area contributed by atoms with Gasteiger partial charge in [-0.15, -0.1) is 11.3 Å². The van der Waals surface area contributed by atoms with E-state index in [-0.39, 0.29) is 5.97 Å². The van der Waals surface area contributed by atoms with Crippen LogP contribution in [0.2, 0.25) is 0 Å². The number of rotatable bonds is 7. The average Bonchev–Trinajstić information content (AvgIpc) is 3.36. The smallest absolute Gasteiger partial charge is 0.317 e. The minimum absolute atomic E-state index is 0.206. The molecule has 0 spiro atoms. The molecule has 0 radical (unpaired) electrons. The first-order chi connectivity index (χ1) is 10.0. The monoisotopic (exact) mass is 308 g/mol. The second-order valence-corrected chi connectivity index (χ2v) is 7.59. The third-order valence-corrected chi connectivity index (χ3v) is 5.25. The number of anilines is 1. The van der Waals surface area contributed by atoms with E-state index >= 15 is 0 Å². The van der Waals surface area contributed by atoms with Gasteiger partial charge in [-0.25, -0.2) is 4.98 Å². The lowest BCUT2D eigenvalue weighted by molar-refractivity contribution is -0.148. The van der Waals surface area contributed by atoms with Crippen molar-refractivity contribution in [1.29, 1.82) is 0 Å². The Morgan fingerprint density at radius 2 is 2.05 bits per heavy atom. The number of nitrogens with one attached hydrogen (secondary N) is 1. The summed E-state index contributed by atoms with van der Waals surface area (Å²) in [5.41, 5.74) is 0.125. The number of aromatic nitrogens is 1. The van der Waals surface area contributed by atoms with E-state index in [2.05, 4.69) is 10.3 Å². The number of ether oxygens (including phenoxy) is 1. The second-order valence-electron chi connectivity index (χ2n) is 6.73. The quantitative estimate of drug-likeness (QED) is 0.782. The maximum absolute atomic E-state index is 12.1. The Labute approximate surface area is 130 Å². The van der Waals surface area contributed by atoms with Crippen LogP contribution in [0.3, 0.4) is 0 Å². The molecule has 0 aliphatic heterocycles. The van der Waals surface area contributed by atoms with Gasteiger partial charge in [0.25, 0.3) is 0 Å². The van der Waals surface area contributed by atoms with Gasteiger partial charge in [0.05, 0.1) is 12.3 Å². The van der Waals surface area contributed by atoms with Crippen molar-refractivity contribution < 1.29 is 9.53 Å². The molecule has 0 atom stereocenters. The molecule has 2 aliphatic carbocycles. The number of esters is 1. The average molecular weight is 308 g/mol. The van der Waals surface area contributed by atoms with Crippen LogP contribution >= 0.6 is 11.3 Å². The van der Waals surface area contributed by atoms with Crippen LogP contribution in [0.5, 0.6) is 0 Å². The number of nitrogens with zero attached hydrogens (tertiary/aromatic N) is 1. The SMILES string of the molecule is CCOC(=O)C(C)(C)c1csc(NC(C2CC2)C2CC2)n1. The van der Waals surface area contributed by atoms with Crippen molar-refractivity contribution in [2.75, 3.05) is 11.9 Å². The summed E-state index contributed by atoms with van der Waals surface area (Å²) in [6.07, 6.45) is 5.39. The van der Waals surface area contributed by atoms with E-state index in [1.54, 1.807) is 11.3 Å². The van der Waals surface area contributed by atoms with Gasteiger partial charge in [0.2, 0.25) is 0 Å². The van der Waals surface area contributed by atoms with Gasteiger partial charge < -0.3 is 10.1 Å². The topological polar surface area (TPSA) is 51.2 Å². The molecule has 0 amide bonds. The van der Waals surface area contributed by atoms with Gasteiger partial charge in [0.1, 0.15) is 5.41 Å². The van der Waals surface area contributed by atoms with Crippen LogP contribution < -0.4 is 5.32 Å². The van der Waals surface area contributed by atoms with Gasteiger partial charge in [-0.2, -0.15) is 0 Å². The van der Waals surface area contributed by atoms with Crippen molar-refractivity contribution in [1.82, 2.24) is 4.98 Å². The zero-order valence-electron chi connectivity index (χ0n) is 13.0. The first kappa shape index (κ1) is 14.8. The molecule has 4 nitrogen and oxygen atoms in total. The zero-order chi connectivity index (χ0) is 15.0. The Morgan fingerprint density at radius 3 is 2.57 bits per heavy atom. The molecule has 0 aromatic carbocycles. The molecular weight excluding hydrogens is 284 g/mol. The van der Waals surface area contributed by atoms with Gasteiger partial charge in [-0.05, 0) is 58.3 Å². The lowest BCUT2D eigenvalue weighted by atomic mass is 9.90.